The van der Waals surface area contributed by atoms with Crippen molar-refractivity contribution in [1.82, 2.24) is 0 Å². The molecule has 0 fully saturated rings. The van der Waals surface area contributed by atoms with Crippen molar-refractivity contribution in [3.05, 3.63) is 62.2 Å². The van der Waals surface area contributed by atoms with Crippen LogP contribution in [0.25, 0.3) is 0 Å². The Morgan fingerprint density at radius 1 is 1.15 bits per heavy atom. The normalized spacial score (nSPS) is 10.1. The number of nitrogens with one attached hydrogen (secondary N) is 1. The van der Waals surface area contributed by atoms with E-state index < -0.39 is 11.9 Å². The van der Waals surface area contributed by atoms with E-state index >= 15 is 0 Å². The molecule has 1 amide bonds. The van der Waals surface area contributed by atoms with Crippen LogP contribution >= 0.6 is 34.2 Å². The average molecular weight is 401 g/mol. The maximum atomic E-state index is 12.1. The van der Waals surface area contributed by atoms with Gasteiger partial charge in [-0.3, -0.25) is 4.79 Å². The zero-order valence-corrected chi connectivity index (χ0v) is 12.9. The third kappa shape index (κ3) is 3.49. The van der Waals surface area contributed by atoms with Crippen molar-refractivity contribution in [2.75, 3.05) is 5.32 Å². The Hall–Kier alpha value is -1.60. The van der Waals surface area contributed by atoms with Crippen LogP contribution in [0.2, 0.25) is 5.02 Å². The fourth-order valence-electron chi connectivity index (χ4n) is 1.62. The van der Waals surface area contributed by atoms with Gasteiger partial charge in [0.05, 0.1) is 11.7 Å². The quantitative estimate of drug-likeness (QED) is 0.805. The Morgan fingerprint density at radius 2 is 1.90 bits per heavy atom. The Bertz CT molecular complexity index is 688. The molecule has 0 unspecified atom stereocenters. The fourth-order valence-corrected chi connectivity index (χ4v) is 2.34. The summed E-state index contributed by atoms with van der Waals surface area (Å²) in [5.41, 5.74) is 0.427. The Kier molecular flexibility index (Phi) is 4.61. The van der Waals surface area contributed by atoms with E-state index in [9.17, 15) is 14.7 Å². The van der Waals surface area contributed by atoms with Crippen molar-refractivity contribution in [3.8, 4) is 0 Å². The number of hydrogen-bond acceptors (Lipinski definition) is 3. The lowest BCUT2D eigenvalue weighted by molar-refractivity contribution is -0.254. The van der Waals surface area contributed by atoms with E-state index in [1.807, 2.05) is 6.07 Å². The predicted molar refractivity (Wildman–Crippen MR) is 82.9 cm³/mol. The molecule has 0 saturated heterocycles. The van der Waals surface area contributed by atoms with Gasteiger partial charge >= 0.3 is 0 Å². The second-order valence-electron chi connectivity index (χ2n) is 3.94. The summed E-state index contributed by atoms with van der Waals surface area (Å²) in [5, 5.41) is 13.9. The number of carboxylic acids is 1. The van der Waals surface area contributed by atoms with Crippen LogP contribution in [0.3, 0.4) is 0 Å². The van der Waals surface area contributed by atoms with E-state index in [1.165, 1.54) is 18.2 Å². The van der Waals surface area contributed by atoms with E-state index in [1.54, 1.807) is 18.2 Å². The molecular weight excluding hydrogens is 393 g/mol. The summed E-state index contributed by atoms with van der Waals surface area (Å²) in [6.45, 7) is 0. The van der Waals surface area contributed by atoms with E-state index in [-0.39, 0.29) is 11.3 Å². The molecule has 6 heteroatoms. The van der Waals surface area contributed by atoms with Gasteiger partial charge in [-0.1, -0.05) is 17.7 Å². The number of carbonyl (C=O) groups is 2. The first-order chi connectivity index (χ1) is 9.47. The van der Waals surface area contributed by atoms with Gasteiger partial charge in [0, 0.05) is 19.7 Å². The van der Waals surface area contributed by atoms with Crippen LogP contribution in [0.15, 0.2) is 42.5 Å². The summed E-state index contributed by atoms with van der Waals surface area (Å²) in [5.74, 6) is -1.78. The molecule has 0 heterocycles. The molecule has 2 aromatic rings. The fraction of sp³-hybridized carbons (Fsp3) is 0. The van der Waals surface area contributed by atoms with Gasteiger partial charge < -0.3 is 15.2 Å². The first kappa shape index (κ1) is 14.8. The van der Waals surface area contributed by atoms with Gasteiger partial charge in [0.15, 0.2) is 0 Å². The number of amides is 1. The van der Waals surface area contributed by atoms with Crippen LogP contribution < -0.4 is 10.4 Å². The molecule has 4 nitrogen and oxygen atoms in total. The van der Waals surface area contributed by atoms with Crippen LogP contribution in [-0.4, -0.2) is 11.9 Å². The molecule has 0 spiro atoms. The molecule has 0 atom stereocenters. The molecule has 2 rings (SSSR count). The summed E-state index contributed by atoms with van der Waals surface area (Å²) in [6, 6.07) is 11.0. The molecule has 2 aromatic carbocycles. The number of benzene rings is 2. The molecule has 0 aliphatic carbocycles. The second-order valence-corrected chi connectivity index (χ2v) is 5.62. The summed E-state index contributed by atoms with van der Waals surface area (Å²) >= 11 is 7.90. The number of rotatable bonds is 3. The lowest BCUT2D eigenvalue weighted by Gasteiger charge is -2.12. The van der Waals surface area contributed by atoms with Crippen molar-refractivity contribution in [3.63, 3.8) is 0 Å². The largest absolute Gasteiger partial charge is 0.545 e. The monoisotopic (exact) mass is 400 g/mol. The van der Waals surface area contributed by atoms with Crippen LogP contribution in [0.1, 0.15) is 20.7 Å². The van der Waals surface area contributed by atoms with Crippen molar-refractivity contribution in [2.45, 2.75) is 0 Å². The molecular formula is C14H8ClINO3-. The third-order valence-electron chi connectivity index (χ3n) is 2.54. The van der Waals surface area contributed by atoms with E-state index in [0.717, 1.165) is 3.57 Å². The van der Waals surface area contributed by atoms with Crippen molar-refractivity contribution in [1.29, 1.82) is 0 Å². The van der Waals surface area contributed by atoms with Gasteiger partial charge in [-0.2, -0.15) is 0 Å². The minimum atomic E-state index is -1.38. The highest BCUT2D eigenvalue weighted by molar-refractivity contribution is 14.1. The molecule has 0 aliphatic rings. The van der Waals surface area contributed by atoms with Crippen molar-refractivity contribution in [2.24, 2.45) is 0 Å². The number of carboxylic acid groups (broad SMARTS) is 1. The molecule has 0 radical (unpaired) electrons. The predicted octanol–water partition coefficient (Wildman–Crippen LogP) is 2.56. The van der Waals surface area contributed by atoms with Gasteiger partial charge in [0.25, 0.3) is 5.91 Å². The Balaban J connectivity index is 2.32. The number of anilines is 1. The van der Waals surface area contributed by atoms with Crippen LogP contribution in [0.5, 0.6) is 0 Å². The highest BCUT2D eigenvalue weighted by Gasteiger charge is 2.10. The lowest BCUT2D eigenvalue weighted by Crippen LogP contribution is -2.24. The van der Waals surface area contributed by atoms with Crippen molar-refractivity contribution < 1.29 is 14.7 Å². The molecule has 1 N–H and O–H groups in total. The summed E-state index contributed by atoms with van der Waals surface area (Å²) in [4.78, 5) is 23.1. The topological polar surface area (TPSA) is 69.2 Å². The molecule has 0 saturated carbocycles. The number of carbonyl (C=O) groups excluding carboxylic acids is 2. The van der Waals surface area contributed by atoms with Crippen LogP contribution in [0, 0.1) is 3.57 Å². The average Bonchev–Trinajstić information content (AvgIpc) is 2.38. The van der Waals surface area contributed by atoms with Crippen LogP contribution in [0.4, 0.5) is 5.69 Å². The van der Waals surface area contributed by atoms with Gasteiger partial charge in [0.1, 0.15) is 0 Å². The van der Waals surface area contributed by atoms with Gasteiger partial charge in [-0.05, 0) is 59.0 Å². The summed E-state index contributed by atoms with van der Waals surface area (Å²) < 4.78 is 0.904. The SMILES string of the molecule is O=C(Nc1cc(Cl)ccc1C(=O)[O-])c1cccc(I)c1. The Morgan fingerprint density at radius 3 is 2.55 bits per heavy atom. The van der Waals surface area contributed by atoms with Gasteiger partial charge in [-0.15, -0.1) is 0 Å². The minimum absolute atomic E-state index is 0.112. The van der Waals surface area contributed by atoms with Crippen molar-refractivity contribution >= 4 is 51.8 Å². The third-order valence-corrected chi connectivity index (χ3v) is 3.44. The standard InChI is InChI=1S/C14H9ClINO3/c15-9-4-5-11(14(19)20)12(7-9)17-13(18)8-2-1-3-10(16)6-8/h1-7H,(H,17,18)(H,19,20)/p-1. The molecule has 20 heavy (non-hydrogen) atoms. The maximum Gasteiger partial charge on any atom is 0.255 e. The molecule has 102 valence electrons. The zero-order valence-electron chi connectivity index (χ0n) is 10.0. The maximum absolute atomic E-state index is 12.1. The van der Waals surface area contributed by atoms with E-state index in [0.29, 0.717) is 10.6 Å². The molecule has 0 bridgehead atoms. The van der Waals surface area contributed by atoms with Crippen LogP contribution in [-0.2, 0) is 0 Å². The second kappa shape index (κ2) is 6.23. The Labute approximate surface area is 133 Å². The number of aromatic carboxylic acids is 1. The lowest BCUT2D eigenvalue weighted by atomic mass is 10.1. The highest BCUT2D eigenvalue weighted by atomic mass is 127. The van der Waals surface area contributed by atoms with Gasteiger partial charge in [0.2, 0.25) is 0 Å². The van der Waals surface area contributed by atoms with E-state index in [2.05, 4.69) is 27.9 Å². The summed E-state index contributed by atoms with van der Waals surface area (Å²) in [6.07, 6.45) is 0. The van der Waals surface area contributed by atoms with Gasteiger partial charge in [-0.25, -0.2) is 0 Å². The molecule has 0 aromatic heterocycles. The first-order valence-electron chi connectivity index (χ1n) is 5.55. The summed E-state index contributed by atoms with van der Waals surface area (Å²) in [7, 11) is 0. The number of halogens is 2. The first-order valence-corrected chi connectivity index (χ1v) is 7.01. The highest BCUT2D eigenvalue weighted by Crippen LogP contribution is 2.21. The molecule has 0 aliphatic heterocycles. The number of hydrogen-bond donors (Lipinski definition) is 1. The van der Waals surface area contributed by atoms with E-state index in [4.69, 9.17) is 11.6 Å². The smallest absolute Gasteiger partial charge is 0.255 e. The zero-order chi connectivity index (χ0) is 14.7. The minimum Gasteiger partial charge on any atom is -0.545 e.